The Morgan fingerprint density at radius 1 is 1.23 bits per heavy atom. The van der Waals surface area contributed by atoms with Gasteiger partial charge in [-0.05, 0) is 51.2 Å². The third-order valence-corrected chi connectivity index (χ3v) is 6.90. The smallest absolute Gasteiger partial charge is 0.410 e. The summed E-state index contributed by atoms with van der Waals surface area (Å²) in [7, 11) is 1.65. The standard InChI is InChI=1S/C25H34N6O3S/c1-17-8-9-21(35-22-19(17)7-6-10-26-22)28-20-15-18(16-33-5)27-23(29-20)30-11-13-31(14-12-30)24(32)34-25(2,3)4/h6-7,10,15,17H,8-9,11-14,16H2,1-5H3. The van der Waals surface area contributed by atoms with Crippen LogP contribution in [0.1, 0.15) is 57.7 Å². The molecule has 1 atom stereocenters. The average molecular weight is 499 g/mol. The maximum absolute atomic E-state index is 12.4. The highest BCUT2D eigenvalue weighted by Gasteiger charge is 2.27. The normalized spacial score (nSPS) is 19.9. The zero-order chi connectivity index (χ0) is 25.0. The fourth-order valence-corrected chi connectivity index (χ4v) is 5.12. The van der Waals surface area contributed by atoms with Gasteiger partial charge >= 0.3 is 6.09 Å². The van der Waals surface area contributed by atoms with E-state index in [9.17, 15) is 4.79 Å². The van der Waals surface area contributed by atoms with E-state index in [0.29, 0.717) is 50.5 Å². The summed E-state index contributed by atoms with van der Waals surface area (Å²) in [6, 6.07) is 6.03. The maximum atomic E-state index is 12.4. The summed E-state index contributed by atoms with van der Waals surface area (Å²) in [5, 5.41) is 2.01. The van der Waals surface area contributed by atoms with Crippen LogP contribution in [0.15, 0.2) is 34.4 Å². The number of thioether (sulfide) groups is 1. The van der Waals surface area contributed by atoms with Crippen LogP contribution in [0.4, 0.5) is 16.6 Å². The lowest BCUT2D eigenvalue weighted by Crippen LogP contribution is -2.50. The molecular weight excluding hydrogens is 464 g/mol. The summed E-state index contributed by atoms with van der Waals surface area (Å²) in [6.07, 6.45) is 3.43. The Kier molecular flexibility index (Phi) is 7.91. The minimum atomic E-state index is -0.510. The number of aliphatic imine (C=N–C) groups is 1. The van der Waals surface area contributed by atoms with Gasteiger partial charge in [0.2, 0.25) is 5.95 Å². The molecule has 35 heavy (non-hydrogen) atoms. The Balaban J connectivity index is 1.52. The largest absolute Gasteiger partial charge is 0.444 e. The molecule has 188 valence electrons. The number of methoxy groups -OCH3 is 1. The molecule has 0 aromatic carbocycles. The molecule has 2 aliphatic rings. The lowest BCUT2D eigenvalue weighted by Gasteiger charge is -2.35. The molecule has 0 radical (unpaired) electrons. The van der Waals surface area contributed by atoms with E-state index in [1.54, 1.807) is 23.8 Å². The highest BCUT2D eigenvalue weighted by molar-refractivity contribution is 8.14. The third-order valence-electron chi connectivity index (χ3n) is 5.84. The first-order chi connectivity index (χ1) is 16.7. The summed E-state index contributed by atoms with van der Waals surface area (Å²) >= 11 is 1.62. The topological polar surface area (TPSA) is 93.0 Å². The van der Waals surface area contributed by atoms with E-state index in [1.165, 1.54) is 5.56 Å². The molecule has 4 rings (SSSR count). The lowest BCUT2D eigenvalue weighted by atomic mass is 9.98. The molecule has 2 aromatic rings. The average Bonchev–Trinajstić information content (AvgIpc) is 2.97. The van der Waals surface area contributed by atoms with Gasteiger partial charge in [0.25, 0.3) is 0 Å². The summed E-state index contributed by atoms with van der Waals surface area (Å²) in [5.41, 5.74) is 1.54. The van der Waals surface area contributed by atoms with Crippen molar-refractivity contribution in [2.24, 2.45) is 4.99 Å². The SMILES string of the molecule is COCc1cc(N=C2CCC(C)c3cccnc3S2)nc(N2CCN(C(=O)OC(C)(C)C)CC2)n1. The van der Waals surface area contributed by atoms with Crippen LogP contribution in [0.25, 0.3) is 0 Å². The van der Waals surface area contributed by atoms with Gasteiger partial charge in [-0.2, -0.15) is 4.98 Å². The molecule has 1 fully saturated rings. The molecule has 2 aliphatic heterocycles. The minimum absolute atomic E-state index is 0.285. The van der Waals surface area contributed by atoms with Gasteiger partial charge < -0.3 is 19.3 Å². The summed E-state index contributed by atoms with van der Waals surface area (Å²) < 4.78 is 10.9. The number of fused-ring (bicyclic) bond motifs is 1. The summed E-state index contributed by atoms with van der Waals surface area (Å²) in [6.45, 7) is 10.6. The number of anilines is 1. The summed E-state index contributed by atoms with van der Waals surface area (Å²) in [5.74, 6) is 1.66. The van der Waals surface area contributed by atoms with Crippen molar-refractivity contribution >= 4 is 34.7 Å². The molecule has 0 aliphatic carbocycles. The van der Waals surface area contributed by atoms with Crippen molar-refractivity contribution in [3.05, 3.63) is 35.7 Å². The molecule has 0 spiro atoms. The van der Waals surface area contributed by atoms with Gasteiger partial charge in [-0.3, -0.25) is 0 Å². The minimum Gasteiger partial charge on any atom is -0.444 e. The van der Waals surface area contributed by atoms with Crippen LogP contribution < -0.4 is 4.90 Å². The van der Waals surface area contributed by atoms with Gasteiger partial charge in [0.15, 0.2) is 5.82 Å². The molecular formula is C25H34N6O3S. The zero-order valence-electron chi connectivity index (χ0n) is 21.2. The van der Waals surface area contributed by atoms with E-state index in [0.717, 1.165) is 28.6 Å². The summed E-state index contributed by atoms with van der Waals surface area (Å²) in [4.78, 5) is 35.2. The first kappa shape index (κ1) is 25.4. The van der Waals surface area contributed by atoms with Crippen molar-refractivity contribution in [2.75, 3.05) is 38.2 Å². The number of aromatic nitrogens is 3. The number of carbonyl (C=O) groups is 1. The molecule has 1 amide bonds. The second kappa shape index (κ2) is 10.9. The van der Waals surface area contributed by atoms with Gasteiger partial charge in [-0.25, -0.2) is 19.8 Å². The first-order valence-corrected chi connectivity index (χ1v) is 12.8. The molecule has 0 N–H and O–H groups in total. The van der Waals surface area contributed by atoms with E-state index >= 15 is 0 Å². The first-order valence-electron chi connectivity index (χ1n) is 12.0. The van der Waals surface area contributed by atoms with Gasteiger partial charge in [0, 0.05) is 45.6 Å². The Morgan fingerprint density at radius 3 is 2.71 bits per heavy atom. The van der Waals surface area contributed by atoms with Crippen LogP contribution >= 0.6 is 11.8 Å². The molecule has 0 saturated carbocycles. The zero-order valence-corrected chi connectivity index (χ0v) is 22.0. The third kappa shape index (κ3) is 6.70. The van der Waals surface area contributed by atoms with E-state index in [2.05, 4.69) is 22.9 Å². The monoisotopic (exact) mass is 498 g/mol. The molecule has 9 nitrogen and oxygen atoms in total. The van der Waals surface area contributed by atoms with Crippen LogP contribution in [-0.2, 0) is 16.1 Å². The van der Waals surface area contributed by atoms with Crippen molar-refractivity contribution < 1.29 is 14.3 Å². The Bertz CT molecular complexity index is 1080. The number of amides is 1. The second-order valence-corrected chi connectivity index (χ2v) is 10.9. The fraction of sp³-hybridized carbons (Fsp3) is 0.560. The molecule has 0 bridgehead atoms. The van der Waals surface area contributed by atoms with Gasteiger partial charge in [0.1, 0.15) is 10.6 Å². The van der Waals surface area contributed by atoms with Gasteiger partial charge in [-0.15, -0.1) is 0 Å². The Hall–Kier alpha value is -2.72. The maximum Gasteiger partial charge on any atom is 0.410 e. The molecule has 2 aromatic heterocycles. The number of ether oxygens (including phenoxy) is 2. The van der Waals surface area contributed by atoms with E-state index in [1.807, 2.05) is 39.1 Å². The Labute approximate surface area is 211 Å². The second-order valence-electron chi connectivity index (χ2n) is 9.85. The highest BCUT2D eigenvalue weighted by Crippen LogP contribution is 2.36. The number of carbonyl (C=O) groups excluding carboxylic acids is 1. The van der Waals surface area contributed by atoms with Crippen LogP contribution in [0.5, 0.6) is 0 Å². The number of piperazine rings is 1. The van der Waals surface area contributed by atoms with Crippen molar-refractivity contribution in [1.82, 2.24) is 19.9 Å². The number of hydrogen-bond donors (Lipinski definition) is 0. The van der Waals surface area contributed by atoms with Crippen LogP contribution in [-0.4, -0.2) is 69.9 Å². The number of rotatable bonds is 4. The molecule has 10 heteroatoms. The molecule has 4 heterocycles. The lowest BCUT2D eigenvalue weighted by molar-refractivity contribution is 0.0240. The fourth-order valence-electron chi connectivity index (χ4n) is 4.03. The van der Waals surface area contributed by atoms with E-state index < -0.39 is 5.60 Å². The van der Waals surface area contributed by atoms with E-state index in [4.69, 9.17) is 24.4 Å². The van der Waals surface area contributed by atoms with Crippen molar-refractivity contribution in [2.45, 2.75) is 63.7 Å². The number of pyridine rings is 1. The number of hydrogen-bond acceptors (Lipinski definition) is 9. The predicted molar refractivity (Wildman–Crippen MR) is 138 cm³/mol. The van der Waals surface area contributed by atoms with Gasteiger partial charge in [0.05, 0.1) is 17.3 Å². The predicted octanol–water partition coefficient (Wildman–Crippen LogP) is 4.79. The molecule has 1 unspecified atom stereocenters. The van der Waals surface area contributed by atoms with Crippen molar-refractivity contribution in [3.8, 4) is 0 Å². The van der Waals surface area contributed by atoms with Crippen molar-refractivity contribution in [3.63, 3.8) is 0 Å². The van der Waals surface area contributed by atoms with E-state index in [-0.39, 0.29) is 6.09 Å². The van der Waals surface area contributed by atoms with Crippen LogP contribution in [0.3, 0.4) is 0 Å². The van der Waals surface area contributed by atoms with Crippen molar-refractivity contribution in [1.29, 1.82) is 0 Å². The van der Waals surface area contributed by atoms with Crippen LogP contribution in [0.2, 0.25) is 0 Å². The number of nitrogens with zero attached hydrogens (tertiary/aromatic N) is 6. The highest BCUT2D eigenvalue weighted by atomic mass is 32.2. The quantitative estimate of drug-likeness (QED) is 0.594. The van der Waals surface area contributed by atoms with Crippen LogP contribution in [0, 0.1) is 0 Å². The van der Waals surface area contributed by atoms with Gasteiger partial charge in [-0.1, -0.05) is 24.8 Å². The molecule has 1 saturated heterocycles. The Morgan fingerprint density at radius 2 is 2.00 bits per heavy atom.